The highest BCUT2D eigenvalue weighted by Gasteiger charge is 2.20. The molecule has 1 atom stereocenters. The first-order valence-corrected chi connectivity index (χ1v) is 8.54. The molecular formula is C18H25N3O2. The Bertz CT molecular complexity index is 565. The summed E-state index contributed by atoms with van der Waals surface area (Å²) < 4.78 is 0. The van der Waals surface area contributed by atoms with E-state index in [4.69, 9.17) is 0 Å². The van der Waals surface area contributed by atoms with Gasteiger partial charge in [-0.15, -0.1) is 0 Å². The summed E-state index contributed by atoms with van der Waals surface area (Å²) in [7, 11) is 0. The van der Waals surface area contributed by atoms with Crippen LogP contribution in [0.5, 0.6) is 0 Å². The third-order valence-corrected chi connectivity index (χ3v) is 4.89. The van der Waals surface area contributed by atoms with Crippen molar-refractivity contribution in [2.45, 2.75) is 25.8 Å². The fourth-order valence-corrected chi connectivity index (χ4v) is 3.54. The van der Waals surface area contributed by atoms with Crippen molar-refractivity contribution in [1.29, 1.82) is 0 Å². The number of piperazine rings is 1. The summed E-state index contributed by atoms with van der Waals surface area (Å²) in [5.74, 6) is 0.823. The molecule has 1 heterocycles. The van der Waals surface area contributed by atoms with Gasteiger partial charge in [0.2, 0.25) is 0 Å². The highest BCUT2D eigenvalue weighted by atomic mass is 16.6. The molecule has 0 saturated carbocycles. The summed E-state index contributed by atoms with van der Waals surface area (Å²) in [6.07, 6.45) is 8.41. The van der Waals surface area contributed by atoms with Crippen LogP contribution in [0.15, 0.2) is 36.4 Å². The second kappa shape index (κ2) is 7.70. The number of allylic oxidation sites excluding steroid dienone is 2. The summed E-state index contributed by atoms with van der Waals surface area (Å²) in [6.45, 7) is 6.33. The van der Waals surface area contributed by atoms with Gasteiger partial charge >= 0.3 is 0 Å². The predicted molar refractivity (Wildman–Crippen MR) is 91.3 cm³/mol. The average molecular weight is 315 g/mol. The molecule has 1 saturated heterocycles. The number of nitro groups is 1. The van der Waals surface area contributed by atoms with Crippen molar-refractivity contribution in [2.75, 3.05) is 32.7 Å². The van der Waals surface area contributed by atoms with Crippen molar-refractivity contribution in [3.05, 3.63) is 52.1 Å². The number of benzene rings is 1. The molecule has 2 aliphatic rings. The minimum atomic E-state index is -0.319. The zero-order valence-electron chi connectivity index (χ0n) is 13.6. The summed E-state index contributed by atoms with van der Waals surface area (Å²) in [4.78, 5) is 15.5. The van der Waals surface area contributed by atoms with Crippen LogP contribution in [0.1, 0.15) is 24.8 Å². The van der Waals surface area contributed by atoms with Crippen molar-refractivity contribution in [1.82, 2.24) is 9.80 Å². The van der Waals surface area contributed by atoms with E-state index in [0.717, 1.165) is 44.2 Å². The molecule has 1 fully saturated rings. The van der Waals surface area contributed by atoms with Gasteiger partial charge in [0, 0.05) is 51.4 Å². The van der Waals surface area contributed by atoms with Crippen molar-refractivity contribution in [2.24, 2.45) is 5.92 Å². The molecule has 5 heteroatoms. The fraction of sp³-hybridized carbons (Fsp3) is 0.556. The number of nitrogens with zero attached hydrogens (tertiary/aromatic N) is 3. The summed E-state index contributed by atoms with van der Waals surface area (Å²) >= 11 is 0. The van der Waals surface area contributed by atoms with E-state index < -0.39 is 0 Å². The van der Waals surface area contributed by atoms with Gasteiger partial charge in [0.05, 0.1) is 4.92 Å². The van der Waals surface area contributed by atoms with Gasteiger partial charge in [-0.2, -0.15) is 0 Å². The maximum atomic E-state index is 10.9. The highest BCUT2D eigenvalue weighted by Crippen LogP contribution is 2.20. The molecule has 0 radical (unpaired) electrons. The second-order valence-corrected chi connectivity index (χ2v) is 6.65. The minimum Gasteiger partial charge on any atom is -0.301 e. The van der Waals surface area contributed by atoms with Crippen LogP contribution in [0.3, 0.4) is 0 Å². The van der Waals surface area contributed by atoms with Gasteiger partial charge in [-0.1, -0.05) is 24.3 Å². The first-order chi connectivity index (χ1) is 11.2. The molecule has 0 aromatic heterocycles. The Hall–Kier alpha value is -1.72. The van der Waals surface area contributed by atoms with E-state index in [2.05, 4.69) is 22.0 Å². The summed E-state index contributed by atoms with van der Waals surface area (Å²) in [5, 5.41) is 10.9. The zero-order chi connectivity index (χ0) is 16.1. The first kappa shape index (κ1) is 16.1. The molecule has 1 aliphatic heterocycles. The molecular weight excluding hydrogens is 290 g/mol. The maximum absolute atomic E-state index is 10.9. The molecule has 1 aromatic rings. The van der Waals surface area contributed by atoms with E-state index in [9.17, 15) is 10.1 Å². The molecule has 5 nitrogen and oxygen atoms in total. The van der Waals surface area contributed by atoms with Crippen LogP contribution in [0, 0.1) is 16.0 Å². The van der Waals surface area contributed by atoms with Crippen LogP contribution < -0.4 is 0 Å². The lowest BCUT2D eigenvalue weighted by Crippen LogP contribution is -2.47. The van der Waals surface area contributed by atoms with Crippen LogP contribution in [0.25, 0.3) is 0 Å². The molecule has 0 amide bonds. The number of rotatable bonds is 5. The quantitative estimate of drug-likeness (QED) is 0.476. The van der Waals surface area contributed by atoms with E-state index >= 15 is 0 Å². The van der Waals surface area contributed by atoms with Gasteiger partial charge in [0.1, 0.15) is 0 Å². The Morgan fingerprint density at radius 1 is 1.13 bits per heavy atom. The normalized spacial score (nSPS) is 23.0. The Kier molecular flexibility index (Phi) is 5.41. The molecule has 3 rings (SSSR count). The maximum Gasteiger partial charge on any atom is 0.269 e. The lowest BCUT2D eigenvalue weighted by molar-refractivity contribution is -0.384. The van der Waals surface area contributed by atoms with Gasteiger partial charge in [-0.3, -0.25) is 15.0 Å². The SMILES string of the molecule is O=[N+]([O-])c1cccc(CN2CCN(C[C@@H]3CC=CCC3)CC2)c1. The average Bonchev–Trinajstić information content (AvgIpc) is 2.58. The largest absolute Gasteiger partial charge is 0.301 e. The first-order valence-electron chi connectivity index (χ1n) is 8.54. The third kappa shape index (κ3) is 4.62. The Labute approximate surface area is 137 Å². The molecule has 0 unspecified atom stereocenters. The van der Waals surface area contributed by atoms with E-state index in [1.165, 1.54) is 25.8 Å². The predicted octanol–water partition coefficient (Wildman–Crippen LogP) is 3.07. The molecule has 0 bridgehead atoms. The van der Waals surface area contributed by atoms with E-state index in [0.29, 0.717) is 0 Å². The van der Waals surface area contributed by atoms with E-state index in [1.54, 1.807) is 18.2 Å². The number of nitro benzene ring substituents is 1. The molecule has 0 spiro atoms. The van der Waals surface area contributed by atoms with Crippen LogP contribution in [0.4, 0.5) is 5.69 Å². The summed E-state index contributed by atoms with van der Waals surface area (Å²) in [5.41, 5.74) is 1.22. The van der Waals surface area contributed by atoms with Gasteiger partial charge in [-0.25, -0.2) is 0 Å². The van der Waals surface area contributed by atoms with Crippen molar-refractivity contribution >= 4 is 5.69 Å². The lowest BCUT2D eigenvalue weighted by atomic mass is 9.94. The Balaban J connectivity index is 1.46. The Morgan fingerprint density at radius 3 is 2.61 bits per heavy atom. The highest BCUT2D eigenvalue weighted by molar-refractivity contribution is 5.34. The number of hydrogen-bond donors (Lipinski definition) is 0. The van der Waals surface area contributed by atoms with E-state index in [-0.39, 0.29) is 10.6 Å². The van der Waals surface area contributed by atoms with Gasteiger partial charge in [0.25, 0.3) is 5.69 Å². The standard InChI is InChI=1S/C18H25N3O2/c22-21(23)18-8-4-7-17(13-18)15-20-11-9-19(10-12-20)14-16-5-2-1-3-6-16/h1-2,4,7-8,13,16H,3,5-6,9-12,14-15H2/t16-/m1/s1. The monoisotopic (exact) mass is 315 g/mol. The van der Waals surface area contributed by atoms with Crippen LogP contribution >= 0.6 is 0 Å². The molecule has 23 heavy (non-hydrogen) atoms. The van der Waals surface area contributed by atoms with Crippen LogP contribution in [0.2, 0.25) is 0 Å². The topological polar surface area (TPSA) is 49.6 Å². The third-order valence-electron chi connectivity index (χ3n) is 4.89. The molecule has 0 N–H and O–H groups in total. The van der Waals surface area contributed by atoms with Crippen molar-refractivity contribution in [3.8, 4) is 0 Å². The second-order valence-electron chi connectivity index (χ2n) is 6.65. The smallest absolute Gasteiger partial charge is 0.269 e. The molecule has 1 aliphatic carbocycles. The van der Waals surface area contributed by atoms with Gasteiger partial charge in [-0.05, 0) is 30.7 Å². The Morgan fingerprint density at radius 2 is 1.91 bits per heavy atom. The number of hydrogen-bond acceptors (Lipinski definition) is 4. The van der Waals surface area contributed by atoms with Gasteiger partial charge in [0.15, 0.2) is 0 Å². The molecule has 1 aromatic carbocycles. The van der Waals surface area contributed by atoms with Crippen LogP contribution in [-0.4, -0.2) is 47.4 Å². The fourth-order valence-electron chi connectivity index (χ4n) is 3.54. The van der Waals surface area contributed by atoms with Crippen molar-refractivity contribution in [3.63, 3.8) is 0 Å². The van der Waals surface area contributed by atoms with Crippen LogP contribution in [-0.2, 0) is 6.54 Å². The number of non-ortho nitro benzene ring substituents is 1. The minimum absolute atomic E-state index is 0.187. The van der Waals surface area contributed by atoms with Crippen molar-refractivity contribution < 1.29 is 4.92 Å². The lowest BCUT2D eigenvalue weighted by Gasteiger charge is -2.36. The van der Waals surface area contributed by atoms with Gasteiger partial charge < -0.3 is 4.90 Å². The van der Waals surface area contributed by atoms with E-state index in [1.807, 2.05) is 6.07 Å². The summed E-state index contributed by atoms with van der Waals surface area (Å²) in [6, 6.07) is 7.01. The zero-order valence-corrected chi connectivity index (χ0v) is 13.6. The molecule has 124 valence electrons.